The average molecular weight is 241 g/mol. The molecule has 0 fully saturated rings. The van der Waals surface area contributed by atoms with Gasteiger partial charge in [-0.15, -0.1) is 0 Å². The second-order valence-electron chi connectivity index (χ2n) is 2.23. The number of hydrogen-bond acceptors (Lipinski definition) is 3. The minimum absolute atomic E-state index is 0.0938. The molecule has 8 heteroatoms. The fourth-order valence-corrected chi connectivity index (χ4v) is 0.951. The number of aliphatic carboxylic acids is 1. The molecule has 0 bridgehead atoms. The molecule has 0 radical (unpaired) electrons. The van der Waals surface area contributed by atoms with Crippen LogP contribution in [0, 0.1) is 0 Å². The number of carboxylic acids is 1. The Morgan fingerprint density at radius 3 is 2.71 bits per heavy atom. The summed E-state index contributed by atoms with van der Waals surface area (Å²) in [4.78, 5) is 21.3. The van der Waals surface area contributed by atoms with Crippen LogP contribution in [0.3, 0.4) is 0 Å². The van der Waals surface area contributed by atoms with Gasteiger partial charge in [0.05, 0.1) is 11.2 Å². The van der Waals surface area contributed by atoms with Crippen molar-refractivity contribution in [3.05, 3.63) is 26.6 Å². The minimum Gasteiger partial charge on any atom is -0.478 e. The van der Waals surface area contributed by atoms with E-state index in [0.29, 0.717) is 0 Å². The first kappa shape index (κ1) is 10.9. The lowest BCUT2D eigenvalue weighted by molar-refractivity contribution is -0.147. The Labute approximate surface area is 86.7 Å². The number of carboxylic acid groups (broad SMARTS) is 1. The third-order valence-electron chi connectivity index (χ3n) is 1.32. The molecule has 1 heterocycles. The van der Waals surface area contributed by atoms with Crippen LogP contribution in [-0.4, -0.2) is 20.9 Å². The molecule has 5 nitrogen and oxygen atoms in total. The number of nitrogens with zero attached hydrogens (tertiary/aromatic N) is 2. The quantitative estimate of drug-likeness (QED) is 0.841. The first-order chi connectivity index (χ1) is 6.45. The zero-order valence-electron chi connectivity index (χ0n) is 6.45. The molecular formula is C6H3Cl2FN2O3. The van der Waals surface area contributed by atoms with E-state index >= 15 is 0 Å². The van der Waals surface area contributed by atoms with Crippen LogP contribution in [0.25, 0.3) is 0 Å². The van der Waals surface area contributed by atoms with Gasteiger partial charge in [0.2, 0.25) is 0 Å². The SMILES string of the molecule is O=C(O)C(F)n1ncc(Cl)c(Cl)c1=O. The molecule has 0 aliphatic heterocycles. The van der Waals surface area contributed by atoms with Crippen molar-refractivity contribution in [3.63, 3.8) is 0 Å². The summed E-state index contributed by atoms with van der Waals surface area (Å²) < 4.78 is 12.9. The van der Waals surface area contributed by atoms with E-state index in [1.807, 2.05) is 0 Å². The third kappa shape index (κ3) is 1.85. The Balaban J connectivity index is 3.32. The van der Waals surface area contributed by atoms with E-state index in [0.717, 1.165) is 6.20 Å². The zero-order chi connectivity index (χ0) is 10.9. The van der Waals surface area contributed by atoms with Crippen molar-refractivity contribution in [2.75, 3.05) is 0 Å². The Morgan fingerprint density at radius 1 is 1.64 bits per heavy atom. The van der Waals surface area contributed by atoms with Crippen LogP contribution in [0.4, 0.5) is 4.39 Å². The monoisotopic (exact) mass is 240 g/mol. The van der Waals surface area contributed by atoms with E-state index in [9.17, 15) is 14.0 Å². The van der Waals surface area contributed by atoms with Gasteiger partial charge < -0.3 is 5.11 Å². The summed E-state index contributed by atoms with van der Waals surface area (Å²) in [5, 5.41) is 10.8. The average Bonchev–Trinajstić information content (AvgIpc) is 2.13. The van der Waals surface area contributed by atoms with Gasteiger partial charge in [-0.1, -0.05) is 23.2 Å². The molecule has 0 saturated carbocycles. The lowest BCUT2D eigenvalue weighted by Crippen LogP contribution is -2.29. The van der Waals surface area contributed by atoms with Crippen molar-refractivity contribution < 1.29 is 14.3 Å². The van der Waals surface area contributed by atoms with E-state index in [1.165, 1.54) is 0 Å². The van der Waals surface area contributed by atoms with Crippen molar-refractivity contribution in [3.8, 4) is 0 Å². The number of rotatable bonds is 2. The predicted octanol–water partition coefficient (Wildman–Crippen LogP) is 1.10. The van der Waals surface area contributed by atoms with Gasteiger partial charge in [0, 0.05) is 0 Å². The highest BCUT2D eigenvalue weighted by Crippen LogP contribution is 2.16. The van der Waals surface area contributed by atoms with Gasteiger partial charge in [-0.3, -0.25) is 4.79 Å². The van der Waals surface area contributed by atoms with Gasteiger partial charge in [-0.05, 0) is 0 Å². The molecule has 0 aromatic carbocycles. The van der Waals surface area contributed by atoms with Crippen LogP contribution in [-0.2, 0) is 4.79 Å². The summed E-state index contributed by atoms with van der Waals surface area (Å²) in [7, 11) is 0. The number of alkyl halides is 1. The molecular weight excluding hydrogens is 238 g/mol. The van der Waals surface area contributed by atoms with Crippen molar-refractivity contribution in [1.29, 1.82) is 0 Å². The molecule has 14 heavy (non-hydrogen) atoms. The first-order valence-electron chi connectivity index (χ1n) is 3.25. The van der Waals surface area contributed by atoms with E-state index in [4.69, 9.17) is 28.3 Å². The Hall–Kier alpha value is -1.14. The summed E-state index contributed by atoms with van der Waals surface area (Å²) in [6.45, 7) is 0. The van der Waals surface area contributed by atoms with Gasteiger partial charge in [-0.25, -0.2) is 9.18 Å². The first-order valence-corrected chi connectivity index (χ1v) is 4.00. The van der Waals surface area contributed by atoms with Crippen LogP contribution in [0.2, 0.25) is 10.0 Å². The number of carbonyl (C=O) groups is 1. The molecule has 1 rings (SSSR count). The Bertz CT molecular complexity index is 434. The molecule has 1 aromatic rings. The number of aromatic nitrogens is 2. The van der Waals surface area contributed by atoms with Gasteiger partial charge >= 0.3 is 5.97 Å². The molecule has 0 aliphatic carbocycles. The molecule has 1 aromatic heterocycles. The maximum Gasteiger partial charge on any atom is 0.361 e. The van der Waals surface area contributed by atoms with Crippen molar-refractivity contribution in [2.24, 2.45) is 0 Å². The molecule has 0 spiro atoms. The highest BCUT2D eigenvalue weighted by atomic mass is 35.5. The summed E-state index contributed by atoms with van der Waals surface area (Å²) in [6.07, 6.45) is -1.68. The van der Waals surface area contributed by atoms with Crippen LogP contribution >= 0.6 is 23.2 Å². The topological polar surface area (TPSA) is 72.2 Å². The molecule has 1 unspecified atom stereocenters. The molecule has 76 valence electrons. The molecule has 1 N–H and O–H groups in total. The minimum atomic E-state index is -2.57. The van der Waals surface area contributed by atoms with E-state index in [1.54, 1.807) is 0 Å². The second-order valence-corrected chi connectivity index (χ2v) is 3.02. The van der Waals surface area contributed by atoms with E-state index in [-0.39, 0.29) is 9.70 Å². The van der Waals surface area contributed by atoms with Crippen LogP contribution in [0.5, 0.6) is 0 Å². The molecule has 0 aliphatic rings. The molecule has 0 saturated heterocycles. The lowest BCUT2D eigenvalue weighted by atomic mass is 10.5. The van der Waals surface area contributed by atoms with Gasteiger partial charge in [-0.2, -0.15) is 9.78 Å². The smallest absolute Gasteiger partial charge is 0.361 e. The zero-order valence-corrected chi connectivity index (χ0v) is 7.96. The Kier molecular flexibility index (Phi) is 3.07. The predicted molar refractivity (Wildman–Crippen MR) is 46.3 cm³/mol. The van der Waals surface area contributed by atoms with Crippen molar-refractivity contribution in [2.45, 2.75) is 6.30 Å². The molecule has 1 atom stereocenters. The standard InChI is InChI=1S/C6H3Cl2FN2O3/c7-2-1-10-11(4(9)6(13)14)5(12)3(2)8/h1,4H,(H,13,14). The summed E-state index contributed by atoms with van der Waals surface area (Å²) in [6, 6.07) is 0. The largest absolute Gasteiger partial charge is 0.478 e. The fourth-order valence-electron chi connectivity index (χ4n) is 0.691. The third-order valence-corrected chi connectivity index (χ3v) is 2.07. The van der Waals surface area contributed by atoms with Crippen LogP contribution in [0.1, 0.15) is 6.30 Å². The van der Waals surface area contributed by atoms with Crippen molar-refractivity contribution >= 4 is 29.2 Å². The summed E-state index contributed by atoms with van der Waals surface area (Å²) in [5.74, 6) is -1.84. The normalized spacial score (nSPS) is 12.5. The van der Waals surface area contributed by atoms with Gasteiger partial charge in [0.1, 0.15) is 5.02 Å². The van der Waals surface area contributed by atoms with Gasteiger partial charge in [0.25, 0.3) is 11.9 Å². The number of hydrogen-bond donors (Lipinski definition) is 1. The van der Waals surface area contributed by atoms with Crippen molar-refractivity contribution in [1.82, 2.24) is 9.78 Å². The number of halogens is 3. The lowest BCUT2D eigenvalue weighted by Gasteiger charge is -2.05. The van der Waals surface area contributed by atoms with Crippen LogP contribution < -0.4 is 5.56 Å². The summed E-state index contributed by atoms with van der Waals surface area (Å²) in [5.41, 5.74) is -1.09. The maximum absolute atomic E-state index is 12.8. The van der Waals surface area contributed by atoms with Crippen LogP contribution in [0.15, 0.2) is 11.0 Å². The fraction of sp³-hybridized carbons (Fsp3) is 0.167. The van der Waals surface area contributed by atoms with Gasteiger partial charge in [0.15, 0.2) is 0 Å². The highest BCUT2D eigenvalue weighted by molar-refractivity contribution is 6.41. The second kappa shape index (κ2) is 3.93. The highest BCUT2D eigenvalue weighted by Gasteiger charge is 2.22. The summed E-state index contributed by atoms with van der Waals surface area (Å²) >= 11 is 10.8. The molecule has 0 amide bonds. The maximum atomic E-state index is 12.8. The van der Waals surface area contributed by atoms with E-state index in [2.05, 4.69) is 5.10 Å². The Morgan fingerprint density at radius 2 is 2.21 bits per heavy atom. The van der Waals surface area contributed by atoms with E-state index < -0.39 is 22.8 Å².